The average molecular weight is 409 g/mol. The van der Waals surface area contributed by atoms with Crippen molar-refractivity contribution in [1.29, 1.82) is 0 Å². The van der Waals surface area contributed by atoms with E-state index < -0.39 is 0 Å². The smallest absolute Gasteiger partial charge is 0.258 e. The maximum absolute atomic E-state index is 12.4. The van der Waals surface area contributed by atoms with Crippen molar-refractivity contribution in [3.8, 4) is 0 Å². The van der Waals surface area contributed by atoms with Gasteiger partial charge in [0.1, 0.15) is 12.0 Å². The molecule has 138 valence electrons. The lowest BCUT2D eigenvalue weighted by atomic mass is 10.2. The Hall–Kier alpha value is -1.44. The van der Waals surface area contributed by atoms with E-state index >= 15 is 0 Å². The second-order valence-corrected chi connectivity index (χ2v) is 5.60. The lowest BCUT2D eigenvalue weighted by molar-refractivity contribution is 0.102. The summed E-state index contributed by atoms with van der Waals surface area (Å²) in [4.78, 5) is 14.5. The van der Waals surface area contributed by atoms with Crippen LogP contribution in [0.1, 0.15) is 16.1 Å². The molecule has 1 aromatic heterocycles. The van der Waals surface area contributed by atoms with E-state index in [4.69, 9.17) is 26.5 Å². The molecule has 0 spiro atoms. The van der Waals surface area contributed by atoms with E-state index in [0.717, 1.165) is 18.8 Å². The third-order valence-electron chi connectivity index (χ3n) is 3.68. The number of hydrogen-bond acceptors (Lipinski definition) is 5. The van der Waals surface area contributed by atoms with Crippen LogP contribution < -0.4 is 16.0 Å². The van der Waals surface area contributed by atoms with E-state index in [1.807, 2.05) is 18.2 Å². The fourth-order valence-corrected chi connectivity index (χ4v) is 2.82. The summed E-state index contributed by atoms with van der Waals surface area (Å²) in [6.07, 6.45) is 1.40. The number of nitrogens with one attached hydrogen (secondary N) is 1. The van der Waals surface area contributed by atoms with Gasteiger partial charge in [0.25, 0.3) is 5.91 Å². The number of hydrogen-bond donors (Lipinski definition) is 2. The molecule has 1 aromatic carbocycles. The molecule has 0 unspecified atom stereocenters. The first-order valence-corrected chi connectivity index (χ1v) is 7.77. The molecule has 0 aliphatic carbocycles. The van der Waals surface area contributed by atoms with Gasteiger partial charge in [0.2, 0.25) is 0 Å². The number of para-hydroxylation sites is 1. The van der Waals surface area contributed by atoms with Crippen LogP contribution in [0.15, 0.2) is 34.9 Å². The topological polar surface area (TPSA) is 80.7 Å². The first-order valence-electron chi connectivity index (χ1n) is 7.39. The normalized spacial score (nSPS) is 13.6. The predicted octanol–water partition coefficient (Wildman–Crippen LogP) is 3.32. The molecule has 0 atom stereocenters. The van der Waals surface area contributed by atoms with Crippen LogP contribution in [0, 0.1) is 0 Å². The molecule has 1 amide bonds. The van der Waals surface area contributed by atoms with Crippen LogP contribution in [-0.2, 0) is 11.3 Å². The quantitative estimate of drug-likeness (QED) is 0.811. The molecule has 0 saturated carbocycles. The van der Waals surface area contributed by atoms with E-state index in [1.165, 1.54) is 6.26 Å². The third-order valence-corrected chi connectivity index (χ3v) is 3.98. The van der Waals surface area contributed by atoms with Crippen molar-refractivity contribution in [1.82, 2.24) is 0 Å². The highest BCUT2D eigenvalue weighted by Gasteiger charge is 2.20. The minimum Gasteiger partial charge on any atom is -0.467 e. The van der Waals surface area contributed by atoms with Crippen molar-refractivity contribution in [3.05, 3.63) is 46.9 Å². The maximum atomic E-state index is 12.4. The average Bonchev–Trinajstić information content (AvgIpc) is 3.05. The number of nitrogens with two attached hydrogens (primary N) is 1. The number of anilines is 2. The lowest BCUT2D eigenvalue weighted by Gasteiger charge is -2.31. The van der Waals surface area contributed by atoms with Gasteiger partial charge < -0.3 is 25.1 Å². The van der Waals surface area contributed by atoms with Crippen LogP contribution in [0.2, 0.25) is 5.02 Å². The van der Waals surface area contributed by atoms with Crippen LogP contribution in [-0.4, -0.2) is 32.2 Å². The number of rotatable bonds is 4. The van der Waals surface area contributed by atoms with Crippen LogP contribution in [0.5, 0.6) is 0 Å². The second-order valence-electron chi connectivity index (χ2n) is 5.20. The number of nitrogens with zero attached hydrogens (tertiary/aromatic N) is 1. The van der Waals surface area contributed by atoms with Gasteiger partial charge in [-0.1, -0.05) is 17.7 Å². The Kier molecular flexibility index (Phi) is 8.55. The van der Waals surface area contributed by atoms with Crippen molar-refractivity contribution in [3.63, 3.8) is 0 Å². The molecular weight excluding hydrogens is 389 g/mol. The number of morpholine rings is 1. The minimum absolute atomic E-state index is 0. The molecule has 1 saturated heterocycles. The Bertz CT molecular complexity index is 703. The molecule has 1 aliphatic rings. The highest BCUT2D eigenvalue weighted by atomic mass is 35.5. The van der Waals surface area contributed by atoms with Crippen molar-refractivity contribution < 1.29 is 13.9 Å². The molecular formula is C16H20Cl3N3O3. The maximum Gasteiger partial charge on any atom is 0.258 e. The summed E-state index contributed by atoms with van der Waals surface area (Å²) in [6.45, 7) is 3.00. The van der Waals surface area contributed by atoms with Crippen molar-refractivity contribution in [2.45, 2.75) is 6.54 Å². The number of benzene rings is 1. The molecule has 1 fully saturated rings. The summed E-state index contributed by atoms with van der Waals surface area (Å²) in [5, 5.41) is 3.49. The van der Waals surface area contributed by atoms with Gasteiger partial charge in [0, 0.05) is 13.1 Å². The van der Waals surface area contributed by atoms with Crippen LogP contribution in [0.25, 0.3) is 0 Å². The highest BCUT2D eigenvalue weighted by Crippen LogP contribution is 2.34. The number of carbonyl (C=O) groups is 1. The summed E-state index contributed by atoms with van der Waals surface area (Å²) >= 11 is 6.35. The molecule has 0 bridgehead atoms. The van der Waals surface area contributed by atoms with E-state index in [-0.39, 0.29) is 37.3 Å². The molecule has 0 radical (unpaired) electrons. The van der Waals surface area contributed by atoms with E-state index in [0.29, 0.717) is 35.2 Å². The number of furan rings is 1. The van der Waals surface area contributed by atoms with Crippen LogP contribution in [0.4, 0.5) is 11.4 Å². The zero-order valence-electron chi connectivity index (χ0n) is 13.4. The van der Waals surface area contributed by atoms with Crippen molar-refractivity contribution in [2.75, 3.05) is 36.5 Å². The third kappa shape index (κ3) is 5.03. The Morgan fingerprint density at radius 3 is 2.64 bits per heavy atom. The molecule has 2 aromatic rings. The van der Waals surface area contributed by atoms with Gasteiger partial charge in [0.05, 0.1) is 41.7 Å². The second kappa shape index (κ2) is 9.89. The fraction of sp³-hybridized carbons (Fsp3) is 0.312. The Labute approximate surface area is 163 Å². The molecule has 3 rings (SSSR count). The first-order chi connectivity index (χ1) is 11.2. The lowest BCUT2D eigenvalue weighted by Crippen LogP contribution is -2.37. The molecule has 6 nitrogen and oxygen atoms in total. The van der Waals surface area contributed by atoms with Crippen LogP contribution in [0.3, 0.4) is 0 Å². The number of halogens is 3. The highest BCUT2D eigenvalue weighted by molar-refractivity contribution is 6.34. The molecule has 2 heterocycles. The van der Waals surface area contributed by atoms with Gasteiger partial charge in [-0.25, -0.2) is 0 Å². The van der Waals surface area contributed by atoms with E-state index in [2.05, 4.69) is 10.2 Å². The SMILES string of the molecule is Cl.Cl.NCc1cc(C(=O)Nc2cccc(Cl)c2N2CCOCC2)co1. The standard InChI is InChI=1S/C16H18ClN3O3.2ClH/c17-13-2-1-3-14(15(13)20-4-6-22-7-5-20)19-16(21)11-8-12(9-18)23-10-11;;/h1-3,8,10H,4-7,9,18H2,(H,19,21);2*1H. The first kappa shape index (κ1) is 21.6. The zero-order valence-corrected chi connectivity index (χ0v) is 15.8. The molecule has 3 N–H and O–H groups in total. The monoisotopic (exact) mass is 407 g/mol. The Balaban J connectivity index is 0.00000156. The minimum atomic E-state index is -0.259. The predicted molar refractivity (Wildman–Crippen MR) is 104 cm³/mol. The van der Waals surface area contributed by atoms with Gasteiger partial charge in [-0.2, -0.15) is 0 Å². The Morgan fingerprint density at radius 2 is 2.00 bits per heavy atom. The summed E-state index contributed by atoms with van der Waals surface area (Å²) in [5.74, 6) is 0.305. The van der Waals surface area contributed by atoms with Gasteiger partial charge in [0.15, 0.2) is 0 Å². The summed E-state index contributed by atoms with van der Waals surface area (Å²) in [7, 11) is 0. The summed E-state index contributed by atoms with van der Waals surface area (Å²) in [6, 6.07) is 7.09. The molecule has 1 aliphatic heterocycles. The van der Waals surface area contributed by atoms with Gasteiger partial charge in [-0.05, 0) is 18.2 Å². The number of amides is 1. The van der Waals surface area contributed by atoms with Gasteiger partial charge in [-0.15, -0.1) is 24.8 Å². The van der Waals surface area contributed by atoms with Crippen LogP contribution >= 0.6 is 36.4 Å². The molecule has 9 heteroatoms. The van der Waals surface area contributed by atoms with Gasteiger partial charge in [-0.3, -0.25) is 4.79 Å². The summed E-state index contributed by atoms with van der Waals surface area (Å²) in [5.41, 5.74) is 7.40. The number of ether oxygens (including phenoxy) is 1. The van der Waals surface area contributed by atoms with Crippen molar-refractivity contribution in [2.24, 2.45) is 5.73 Å². The fourth-order valence-electron chi connectivity index (χ4n) is 2.53. The zero-order chi connectivity index (χ0) is 16.2. The van der Waals surface area contributed by atoms with Gasteiger partial charge >= 0.3 is 0 Å². The Morgan fingerprint density at radius 1 is 1.28 bits per heavy atom. The van der Waals surface area contributed by atoms with Crippen molar-refractivity contribution >= 4 is 53.7 Å². The molecule has 25 heavy (non-hydrogen) atoms. The van der Waals surface area contributed by atoms with E-state index in [9.17, 15) is 4.79 Å². The van der Waals surface area contributed by atoms with E-state index in [1.54, 1.807) is 6.07 Å². The largest absolute Gasteiger partial charge is 0.467 e. The summed E-state index contributed by atoms with van der Waals surface area (Å²) < 4.78 is 10.6. The number of carbonyl (C=O) groups excluding carboxylic acids is 1.